The molecule has 20 heavy (non-hydrogen) atoms. The van der Waals surface area contributed by atoms with Crippen molar-refractivity contribution < 1.29 is 4.79 Å². The second-order valence-corrected chi connectivity index (χ2v) is 5.46. The maximum absolute atomic E-state index is 11.6. The fourth-order valence-corrected chi connectivity index (χ4v) is 2.40. The first-order valence-corrected chi connectivity index (χ1v) is 7.26. The summed E-state index contributed by atoms with van der Waals surface area (Å²) < 4.78 is 0. The highest BCUT2D eigenvalue weighted by molar-refractivity contribution is 7.10. The molecule has 0 saturated heterocycles. The molecule has 0 atom stereocenters. The van der Waals surface area contributed by atoms with Crippen LogP contribution in [0, 0.1) is 0 Å². The minimum atomic E-state index is -0.159. The third kappa shape index (κ3) is 4.99. The average molecular weight is 305 g/mol. The van der Waals surface area contributed by atoms with Gasteiger partial charge in [0.15, 0.2) is 0 Å². The van der Waals surface area contributed by atoms with Gasteiger partial charge in [-0.25, -0.2) is 5.43 Å². The van der Waals surface area contributed by atoms with Crippen LogP contribution < -0.4 is 5.43 Å². The summed E-state index contributed by atoms with van der Waals surface area (Å²) in [7, 11) is 0. The van der Waals surface area contributed by atoms with Crippen molar-refractivity contribution in [3.63, 3.8) is 0 Å². The van der Waals surface area contributed by atoms with E-state index in [1.807, 2.05) is 47.8 Å². The van der Waals surface area contributed by atoms with Crippen molar-refractivity contribution in [1.82, 2.24) is 5.43 Å². The molecule has 0 unspecified atom stereocenters. The van der Waals surface area contributed by atoms with E-state index in [0.29, 0.717) is 11.5 Å². The number of hydrogen-bond acceptors (Lipinski definition) is 3. The molecule has 1 heterocycles. The Labute approximate surface area is 126 Å². The van der Waals surface area contributed by atoms with E-state index < -0.39 is 0 Å². The van der Waals surface area contributed by atoms with Crippen molar-refractivity contribution >= 4 is 41.1 Å². The molecule has 2 rings (SSSR count). The number of allylic oxidation sites excluding steroid dienone is 1. The quantitative estimate of drug-likeness (QED) is 0.664. The molecule has 0 aliphatic carbocycles. The van der Waals surface area contributed by atoms with E-state index in [4.69, 9.17) is 11.6 Å². The molecule has 1 amide bonds. The molecule has 102 valence electrons. The number of nitrogens with zero attached hydrogens (tertiary/aromatic N) is 1. The zero-order chi connectivity index (χ0) is 14.2. The summed E-state index contributed by atoms with van der Waals surface area (Å²) in [5, 5.41) is 6.22. The predicted octanol–water partition coefficient (Wildman–Crippen LogP) is 3.67. The topological polar surface area (TPSA) is 41.5 Å². The molecule has 0 bridgehead atoms. The number of carbonyl (C=O) groups is 1. The van der Waals surface area contributed by atoms with E-state index in [-0.39, 0.29) is 5.91 Å². The van der Waals surface area contributed by atoms with Crippen molar-refractivity contribution in [3.8, 4) is 0 Å². The number of amides is 1. The number of hydrazone groups is 1. The Morgan fingerprint density at radius 1 is 1.25 bits per heavy atom. The van der Waals surface area contributed by atoms with Gasteiger partial charge in [-0.15, -0.1) is 11.3 Å². The summed E-state index contributed by atoms with van der Waals surface area (Å²) in [5.74, 6) is -0.159. The Morgan fingerprint density at radius 3 is 2.75 bits per heavy atom. The Balaban J connectivity index is 1.84. The Hall–Kier alpha value is -1.91. The molecule has 0 aliphatic rings. The van der Waals surface area contributed by atoms with Crippen molar-refractivity contribution in [2.24, 2.45) is 5.10 Å². The summed E-state index contributed by atoms with van der Waals surface area (Å²) in [6.45, 7) is 0. The smallest absolute Gasteiger partial charge is 0.245 e. The maximum Gasteiger partial charge on any atom is 0.245 e. The van der Waals surface area contributed by atoms with Gasteiger partial charge in [0.2, 0.25) is 5.91 Å². The van der Waals surface area contributed by atoms with Crippen LogP contribution in [0.25, 0.3) is 6.08 Å². The molecule has 0 radical (unpaired) electrons. The molecular formula is C15H13ClN2OS. The van der Waals surface area contributed by atoms with Crippen molar-refractivity contribution in [1.29, 1.82) is 0 Å². The first-order chi connectivity index (χ1) is 9.74. The van der Waals surface area contributed by atoms with Crippen molar-refractivity contribution in [2.45, 2.75) is 6.42 Å². The van der Waals surface area contributed by atoms with Crippen molar-refractivity contribution in [2.75, 3.05) is 0 Å². The first-order valence-electron chi connectivity index (χ1n) is 6.00. The number of hydrogen-bond donors (Lipinski definition) is 1. The van der Waals surface area contributed by atoms with Crippen LogP contribution in [0.3, 0.4) is 0 Å². The van der Waals surface area contributed by atoms with Gasteiger partial charge in [-0.2, -0.15) is 5.10 Å². The number of benzene rings is 1. The zero-order valence-corrected chi connectivity index (χ0v) is 12.2. The highest BCUT2D eigenvalue weighted by Crippen LogP contribution is 2.09. The third-order valence-corrected chi connectivity index (χ3v) is 3.48. The van der Waals surface area contributed by atoms with Crippen LogP contribution in [0.2, 0.25) is 0 Å². The Kier molecular flexibility index (Phi) is 5.53. The molecule has 0 saturated carbocycles. The summed E-state index contributed by atoms with van der Waals surface area (Å²) >= 11 is 7.55. The van der Waals surface area contributed by atoms with Gasteiger partial charge in [0.25, 0.3) is 0 Å². The maximum atomic E-state index is 11.6. The van der Waals surface area contributed by atoms with Crippen LogP contribution in [0.5, 0.6) is 0 Å². The van der Waals surface area contributed by atoms with E-state index in [0.717, 1.165) is 10.4 Å². The summed E-state index contributed by atoms with van der Waals surface area (Å²) in [6, 6.07) is 13.5. The molecule has 1 aromatic carbocycles. The van der Waals surface area contributed by atoms with E-state index in [1.165, 1.54) is 6.21 Å². The van der Waals surface area contributed by atoms with E-state index >= 15 is 0 Å². The molecule has 5 heteroatoms. The van der Waals surface area contributed by atoms with Gasteiger partial charge in [-0.05, 0) is 23.1 Å². The van der Waals surface area contributed by atoms with Crippen LogP contribution in [0.15, 0.2) is 58.0 Å². The lowest BCUT2D eigenvalue weighted by molar-refractivity contribution is -0.120. The van der Waals surface area contributed by atoms with Crippen LogP contribution in [0.1, 0.15) is 10.4 Å². The highest BCUT2D eigenvalue weighted by atomic mass is 35.5. The van der Waals surface area contributed by atoms with E-state index in [9.17, 15) is 4.79 Å². The van der Waals surface area contributed by atoms with Crippen LogP contribution in [-0.4, -0.2) is 12.1 Å². The average Bonchev–Trinajstić information content (AvgIpc) is 2.92. The van der Waals surface area contributed by atoms with Gasteiger partial charge < -0.3 is 0 Å². The lowest BCUT2D eigenvalue weighted by Gasteiger charge is -1.97. The molecule has 0 fully saturated rings. The standard InChI is InChI=1S/C15H13ClN2OS/c16-13(9-12-5-2-1-3-6-12)11-17-18-15(19)10-14-7-4-8-20-14/h1-9,11H,10H2,(H,18,19)/b13-9-,17-11?. The predicted molar refractivity (Wildman–Crippen MR) is 84.9 cm³/mol. The summed E-state index contributed by atoms with van der Waals surface area (Å²) in [4.78, 5) is 12.6. The van der Waals surface area contributed by atoms with Crippen molar-refractivity contribution in [3.05, 3.63) is 63.3 Å². The molecule has 1 N–H and O–H groups in total. The fraction of sp³-hybridized carbons (Fsp3) is 0.0667. The SMILES string of the molecule is O=C(Cc1cccs1)NN=C/C(Cl)=C/c1ccccc1. The van der Waals surface area contributed by atoms with E-state index in [2.05, 4.69) is 10.5 Å². The Morgan fingerprint density at radius 2 is 2.05 bits per heavy atom. The number of nitrogens with one attached hydrogen (secondary N) is 1. The monoisotopic (exact) mass is 304 g/mol. The molecule has 0 aliphatic heterocycles. The van der Waals surface area contributed by atoms with E-state index in [1.54, 1.807) is 17.4 Å². The van der Waals surface area contributed by atoms with Gasteiger partial charge in [0.1, 0.15) is 0 Å². The molecule has 2 aromatic rings. The van der Waals surface area contributed by atoms with Gasteiger partial charge in [0, 0.05) is 4.88 Å². The lowest BCUT2D eigenvalue weighted by Crippen LogP contribution is -2.19. The second kappa shape index (κ2) is 7.62. The number of thiophene rings is 1. The summed E-state index contributed by atoms with van der Waals surface area (Å²) in [5.41, 5.74) is 3.43. The van der Waals surface area contributed by atoms with Gasteiger partial charge in [-0.3, -0.25) is 4.79 Å². The van der Waals surface area contributed by atoms with Crippen LogP contribution in [0.4, 0.5) is 0 Å². The number of carbonyl (C=O) groups excluding carboxylic acids is 1. The van der Waals surface area contributed by atoms with Gasteiger partial charge in [-0.1, -0.05) is 48.0 Å². The highest BCUT2D eigenvalue weighted by Gasteiger charge is 2.02. The first kappa shape index (κ1) is 14.5. The summed E-state index contributed by atoms with van der Waals surface area (Å²) in [6.07, 6.45) is 3.52. The minimum absolute atomic E-state index is 0.159. The van der Waals surface area contributed by atoms with Crippen LogP contribution in [-0.2, 0) is 11.2 Å². The lowest BCUT2D eigenvalue weighted by atomic mass is 10.2. The molecule has 1 aromatic heterocycles. The normalized spacial score (nSPS) is 11.8. The fourth-order valence-electron chi connectivity index (χ4n) is 1.52. The minimum Gasteiger partial charge on any atom is -0.273 e. The zero-order valence-electron chi connectivity index (χ0n) is 10.6. The van der Waals surface area contributed by atoms with Gasteiger partial charge in [0.05, 0.1) is 17.7 Å². The van der Waals surface area contributed by atoms with Gasteiger partial charge >= 0.3 is 0 Å². The Bertz CT molecular complexity index is 606. The third-order valence-electron chi connectivity index (χ3n) is 2.40. The number of halogens is 1. The van der Waals surface area contributed by atoms with Crippen LogP contribution >= 0.6 is 22.9 Å². The molecule has 0 spiro atoms. The second-order valence-electron chi connectivity index (χ2n) is 3.99. The largest absolute Gasteiger partial charge is 0.273 e. The molecule has 3 nitrogen and oxygen atoms in total. The number of rotatable bonds is 5. The molecular weight excluding hydrogens is 292 g/mol.